The number of furan rings is 1. The molecule has 0 aliphatic carbocycles. The van der Waals surface area contributed by atoms with E-state index < -0.39 is 0 Å². The molecule has 3 nitrogen and oxygen atoms in total. The molecule has 2 N–H and O–H groups in total. The van der Waals surface area contributed by atoms with Gasteiger partial charge in [-0.05, 0) is 26.8 Å². The van der Waals surface area contributed by atoms with E-state index in [0.717, 1.165) is 28.4 Å². The molecule has 0 saturated heterocycles. The molecule has 0 aliphatic rings. The molecular formula is C12H16N2OS. The second kappa shape index (κ2) is 4.39. The molecule has 0 bridgehead atoms. The molecule has 1 unspecified atom stereocenters. The zero-order chi connectivity index (χ0) is 11.7. The number of nitrogens with zero attached hydrogens (tertiary/aromatic N) is 1. The summed E-state index contributed by atoms with van der Waals surface area (Å²) in [7, 11) is 0. The maximum absolute atomic E-state index is 6.14. The molecule has 2 aromatic rings. The standard InChI is InChI=1S/C12H16N2OS/c1-7-9(3)16-12(14-7)6-11(13)10-4-5-15-8(10)2/h4-5,11H,6,13H2,1-3H3. The van der Waals surface area contributed by atoms with Crippen LogP contribution in [0.3, 0.4) is 0 Å². The van der Waals surface area contributed by atoms with Crippen molar-refractivity contribution in [2.45, 2.75) is 33.2 Å². The number of nitrogens with two attached hydrogens (primary N) is 1. The van der Waals surface area contributed by atoms with E-state index in [-0.39, 0.29) is 6.04 Å². The van der Waals surface area contributed by atoms with Crippen LogP contribution in [-0.2, 0) is 6.42 Å². The van der Waals surface area contributed by atoms with Gasteiger partial charge >= 0.3 is 0 Å². The third kappa shape index (κ3) is 2.18. The molecule has 0 radical (unpaired) electrons. The van der Waals surface area contributed by atoms with Gasteiger partial charge in [0.1, 0.15) is 5.76 Å². The van der Waals surface area contributed by atoms with Crippen LogP contribution >= 0.6 is 11.3 Å². The van der Waals surface area contributed by atoms with E-state index in [2.05, 4.69) is 11.9 Å². The molecule has 0 saturated carbocycles. The SMILES string of the molecule is Cc1nc(CC(N)c2ccoc2C)sc1C. The minimum absolute atomic E-state index is 0.0244. The Morgan fingerprint density at radius 2 is 2.19 bits per heavy atom. The first-order valence-corrected chi connectivity index (χ1v) is 6.12. The summed E-state index contributed by atoms with van der Waals surface area (Å²) >= 11 is 1.72. The molecule has 16 heavy (non-hydrogen) atoms. The Bertz CT molecular complexity index is 467. The molecule has 2 aromatic heterocycles. The molecule has 1 atom stereocenters. The highest BCUT2D eigenvalue weighted by Crippen LogP contribution is 2.24. The zero-order valence-corrected chi connectivity index (χ0v) is 10.6. The number of aryl methyl sites for hydroxylation is 3. The van der Waals surface area contributed by atoms with Gasteiger partial charge in [-0.2, -0.15) is 0 Å². The van der Waals surface area contributed by atoms with E-state index in [1.165, 1.54) is 4.88 Å². The fraction of sp³-hybridized carbons (Fsp3) is 0.417. The molecule has 0 aliphatic heterocycles. The molecule has 2 heterocycles. The Hall–Kier alpha value is -1.13. The van der Waals surface area contributed by atoms with Crippen LogP contribution in [0.25, 0.3) is 0 Å². The van der Waals surface area contributed by atoms with Gasteiger partial charge in [-0.1, -0.05) is 0 Å². The minimum atomic E-state index is -0.0244. The maximum atomic E-state index is 6.14. The fourth-order valence-electron chi connectivity index (χ4n) is 1.70. The lowest BCUT2D eigenvalue weighted by molar-refractivity contribution is 0.523. The van der Waals surface area contributed by atoms with Crippen molar-refractivity contribution in [2.24, 2.45) is 5.73 Å². The van der Waals surface area contributed by atoms with Gasteiger partial charge in [-0.3, -0.25) is 0 Å². The molecule has 4 heteroatoms. The molecule has 2 rings (SSSR count). The van der Waals surface area contributed by atoms with Gasteiger partial charge in [0.15, 0.2) is 0 Å². The van der Waals surface area contributed by atoms with Crippen molar-refractivity contribution in [1.29, 1.82) is 0 Å². The predicted octanol–water partition coefficient (Wildman–Crippen LogP) is 2.90. The Morgan fingerprint density at radius 3 is 2.69 bits per heavy atom. The second-order valence-corrected chi connectivity index (χ2v) is 5.28. The first kappa shape index (κ1) is 11.4. The molecule has 0 amide bonds. The second-order valence-electron chi connectivity index (χ2n) is 3.99. The van der Waals surface area contributed by atoms with Gasteiger partial charge in [0.25, 0.3) is 0 Å². The summed E-state index contributed by atoms with van der Waals surface area (Å²) in [6.07, 6.45) is 2.46. The Labute approximate surface area is 99.3 Å². The van der Waals surface area contributed by atoms with E-state index in [9.17, 15) is 0 Å². The minimum Gasteiger partial charge on any atom is -0.469 e. The van der Waals surface area contributed by atoms with E-state index >= 15 is 0 Å². The van der Waals surface area contributed by atoms with Crippen LogP contribution in [-0.4, -0.2) is 4.98 Å². The summed E-state index contributed by atoms with van der Waals surface area (Å²) in [5.41, 5.74) is 8.32. The lowest BCUT2D eigenvalue weighted by Gasteiger charge is -2.08. The van der Waals surface area contributed by atoms with Gasteiger partial charge < -0.3 is 10.2 Å². The summed E-state index contributed by atoms with van der Waals surface area (Å²) in [6.45, 7) is 6.06. The number of thiazole rings is 1. The van der Waals surface area contributed by atoms with Gasteiger partial charge in [-0.25, -0.2) is 4.98 Å². The number of aromatic nitrogens is 1. The van der Waals surface area contributed by atoms with E-state index in [1.54, 1.807) is 17.6 Å². The highest BCUT2D eigenvalue weighted by molar-refractivity contribution is 7.11. The van der Waals surface area contributed by atoms with Crippen molar-refractivity contribution in [2.75, 3.05) is 0 Å². The average molecular weight is 236 g/mol. The molecule has 86 valence electrons. The summed E-state index contributed by atoms with van der Waals surface area (Å²) in [5.74, 6) is 0.900. The van der Waals surface area contributed by atoms with E-state index in [1.807, 2.05) is 19.9 Å². The lowest BCUT2D eigenvalue weighted by Crippen LogP contribution is -2.13. The lowest BCUT2D eigenvalue weighted by atomic mass is 10.1. The summed E-state index contributed by atoms with van der Waals surface area (Å²) in [5, 5.41) is 1.10. The highest BCUT2D eigenvalue weighted by atomic mass is 32.1. The normalized spacial score (nSPS) is 13.0. The molecule has 0 spiro atoms. The first-order chi connectivity index (χ1) is 7.58. The average Bonchev–Trinajstić information content (AvgIpc) is 2.74. The Morgan fingerprint density at radius 1 is 1.44 bits per heavy atom. The van der Waals surface area contributed by atoms with Crippen molar-refractivity contribution in [1.82, 2.24) is 4.98 Å². The fourth-order valence-corrected chi connectivity index (χ4v) is 2.70. The molecular weight excluding hydrogens is 220 g/mol. The maximum Gasteiger partial charge on any atom is 0.105 e. The monoisotopic (exact) mass is 236 g/mol. The van der Waals surface area contributed by atoms with Crippen LogP contribution in [0.4, 0.5) is 0 Å². The number of rotatable bonds is 3. The first-order valence-electron chi connectivity index (χ1n) is 5.30. The van der Waals surface area contributed by atoms with Crippen LogP contribution in [0, 0.1) is 20.8 Å². The summed E-state index contributed by atoms with van der Waals surface area (Å²) < 4.78 is 5.26. The van der Waals surface area contributed by atoms with Gasteiger partial charge in [0.05, 0.1) is 17.0 Å². The van der Waals surface area contributed by atoms with Crippen LogP contribution < -0.4 is 5.73 Å². The predicted molar refractivity (Wildman–Crippen MR) is 65.7 cm³/mol. The molecule has 0 aromatic carbocycles. The van der Waals surface area contributed by atoms with Crippen LogP contribution in [0.5, 0.6) is 0 Å². The Balaban J connectivity index is 2.13. The quantitative estimate of drug-likeness (QED) is 0.891. The van der Waals surface area contributed by atoms with Crippen LogP contribution in [0.1, 0.15) is 32.9 Å². The van der Waals surface area contributed by atoms with Crippen molar-refractivity contribution >= 4 is 11.3 Å². The smallest absolute Gasteiger partial charge is 0.105 e. The van der Waals surface area contributed by atoms with Gasteiger partial charge in [-0.15, -0.1) is 11.3 Å². The van der Waals surface area contributed by atoms with Crippen LogP contribution in [0.2, 0.25) is 0 Å². The summed E-state index contributed by atoms with van der Waals surface area (Å²) in [4.78, 5) is 5.77. The Kier molecular flexibility index (Phi) is 3.12. The topological polar surface area (TPSA) is 52.0 Å². The van der Waals surface area contributed by atoms with Crippen LogP contribution in [0.15, 0.2) is 16.7 Å². The summed E-state index contributed by atoms with van der Waals surface area (Å²) in [6, 6.07) is 1.91. The number of hydrogen-bond acceptors (Lipinski definition) is 4. The largest absolute Gasteiger partial charge is 0.469 e. The van der Waals surface area contributed by atoms with E-state index in [4.69, 9.17) is 10.2 Å². The molecule has 0 fully saturated rings. The van der Waals surface area contributed by atoms with Crippen molar-refractivity contribution < 1.29 is 4.42 Å². The highest BCUT2D eigenvalue weighted by Gasteiger charge is 2.14. The zero-order valence-electron chi connectivity index (χ0n) is 9.78. The van der Waals surface area contributed by atoms with Gasteiger partial charge in [0.2, 0.25) is 0 Å². The van der Waals surface area contributed by atoms with Crippen molar-refractivity contribution in [3.8, 4) is 0 Å². The third-order valence-electron chi connectivity index (χ3n) is 2.77. The van der Waals surface area contributed by atoms with Crippen molar-refractivity contribution in [3.05, 3.63) is 39.2 Å². The van der Waals surface area contributed by atoms with Gasteiger partial charge in [0, 0.05) is 22.9 Å². The number of hydrogen-bond donors (Lipinski definition) is 1. The third-order valence-corrected chi connectivity index (χ3v) is 3.86. The van der Waals surface area contributed by atoms with E-state index in [0.29, 0.717) is 0 Å². The van der Waals surface area contributed by atoms with Crippen molar-refractivity contribution in [3.63, 3.8) is 0 Å².